The topological polar surface area (TPSA) is 27.8 Å². The number of aromatic nitrogens is 1. The van der Waals surface area contributed by atoms with Crippen LogP contribution in [0, 0.1) is 5.82 Å². The summed E-state index contributed by atoms with van der Waals surface area (Å²) in [6, 6.07) is 13.1. The van der Waals surface area contributed by atoms with Crippen LogP contribution in [0.3, 0.4) is 0 Å². The van der Waals surface area contributed by atoms with Gasteiger partial charge in [-0.25, -0.2) is 4.39 Å². The standard InChI is InChI=1S/C18H16ClFN2/c19-12-3-1-11(2-4-12)9-17-18-14(7-8-21-17)15-10-13(20)5-6-16(15)22-18/h1-6,10,17,21-22H,7-9H2. The van der Waals surface area contributed by atoms with Crippen molar-refractivity contribution in [1.29, 1.82) is 0 Å². The summed E-state index contributed by atoms with van der Waals surface area (Å²) in [6.07, 6.45) is 1.81. The maximum absolute atomic E-state index is 13.5. The molecule has 1 aliphatic rings. The zero-order valence-corrected chi connectivity index (χ0v) is 12.8. The third-order valence-corrected chi connectivity index (χ3v) is 4.62. The van der Waals surface area contributed by atoms with E-state index in [9.17, 15) is 4.39 Å². The first-order valence-electron chi connectivity index (χ1n) is 7.48. The van der Waals surface area contributed by atoms with Crippen LogP contribution in [-0.4, -0.2) is 11.5 Å². The van der Waals surface area contributed by atoms with Crippen molar-refractivity contribution < 1.29 is 4.39 Å². The lowest BCUT2D eigenvalue weighted by Gasteiger charge is -2.24. The Bertz CT molecular complexity index is 823. The van der Waals surface area contributed by atoms with Gasteiger partial charge in [0.2, 0.25) is 0 Å². The second-order valence-electron chi connectivity index (χ2n) is 5.79. The van der Waals surface area contributed by atoms with Crippen molar-refractivity contribution in [3.05, 3.63) is 70.1 Å². The fraction of sp³-hybridized carbons (Fsp3) is 0.222. The fourth-order valence-electron chi connectivity index (χ4n) is 3.31. The molecule has 1 atom stereocenters. The number of halogens is 2. The van der Waals surface area contributed by atoms with Crippen molar-refractivity contribution in [3.8, 4) is 0 Å². The number of nitrogens with one attached hydrogen (secondary N) is 2. The molecule has 3 aromatic rings. The van der Waals surface area contributed by atoms with Crippen molar-refractivity contribution in [2.75, 3.05) is 6.54 Å². The second-order valence-corrected chi connectivity index (χ2v) is 6.23. The predicted octanol–water partition coefficient (Wildman–Crippen LogP) is 4.39. The molecule has 2 N–H and O–H groups in total. The van der Waals surface area contributed by atoms with Gasteiger partial charge in [0, 0.05) is 21.6 Å². The molecule has 1 aliphatic heterocycles. The largest absolute Gasteiger partial charge is 0.357 e. The molecule has 0 amide bonds. The SMILES string of the molecule is Fc1ccc2[nH]c3c(c2c1)CCNC3Cc1ccc(Cl)cc1. The van der Waals surface area contributed by atoms with Crippen molar-refractivity contribution >= 4 is 22.5 Å². The van der Waals surface area contributed by atoms with E-state index in [0.29, 0.717) is 0 Å². The minimum Gasteiger partial charge on any atom is -0.357 e. The van der Waals surface area contributed by atoms with E-state index in [4.69, 9.17) is 11.6 Å². The molecular weight excluding hydrogens is 299 g/mol. The average molecular weight is 315 g/mol. The summed E-state index contributed by atoms with van der Waals surface area (Å²) in [5.41, 5.74) is 4.67. The number of hydrogen-bond donors (Lipinski definition) is 2. The molecule has 0 fully saturated rings. The van der Waals surface area contributed by atoms with Gasteiger partial charge in [-0.3, -0.25) is 0 Å². The quantitative estimate of drug-likeness (QED) is 0.721. The number of benzene rings is 2. The Morgan fingerprint density at radius 2 is 1.95 bits per heavy atom. The van der Waals surface area contributed by atoms with Gasteiger partial charge in [-0.15, -0.1) is 0 Å². The Morgan fingerprint density at radius 1 is 1.14 bits per heavy atom. The molecule has 1 unspecified atom stereocenters. The van der Waals surface area contributed by atoms with Crippen LogP contribution in [0.1, 0.15) is 22.9 Å². The van der Waals surface area contributed by atoms with E-state index in [1.165, 1.54) is 22.9 Å². The highest BCUT2D eigenvalue weighted by atomic mass is 35.5. The van der Waals surface area contributed by atoms with Crippen LogP contribution in [0.2, 0.25) is 5.02 Å². The first-order chi connectivity index (χ1) is 10.7. The summed E-state index contributed by atoms with van der Waals surface area (Å²) in [5.74, 6) is -0.179. The Balaban J connectivity index is 1.72. The molecular formula is C18H16ClFN2. The predicted molar refractivity (Wildman–Crippen MR) is 87.9 cm³/mol. The fourth-order valence-corrected chi connectivity index (χ4v) is 3.44. The molecule has 2 heterocycles. The lowest BCUT2D eigenvalue weighted by atomic mass is 9.95. The van der Waals surface area contributed by atoms with Gasteiger partial charge in [0.25, 0.3) is 0 Å². The Labute approximate surface area is 133 Å². The van der Waals surface area contributed by atoms with Gasteiger partial charge in [-0.1, -0.05) is 23.7 Å². The summed E-state index contributed by atoms with van der Waals surface area (Å²) in [6.45, 7) is 0.911. The highest BCUT2D eigenvalue weighted by molar-refractivity contribution is 6.30. The van der Waals surface area contributed by atoms with Crippen LogP contribution >= 0.6 is 11.6 Å². The van der Waals surface area contributed by atoms with Gasteiger partial charge in [-0.05, 0) is 60.8 Å². The average Bonchev–Trinajstić information content (AvgIpc) is 2.89. The maximum Gasteiger partial charge on any atom is 0.123 e. The molecule has 4 rings (SSSR count). The molecule has 0 saturated carbocycles. The van der Waals surface area contributed by atoms with Gasteiger partial charge in [0.15, 0.2) is 0 Å². The van der Waals surface area contributed by atoms with E-state index in [1.807, 2.05) is 18.2 Å². The Morgan fingerprint density at radius 3 is 2.77 bits per heavy atom. The van der Waals surface area contributed by atoms with Gasteiger partial charge in [0.1, 0.15) is 5.82 Å². The molecule has 2 nitrogen and oxygen atoms in total. The molecule has 0 saturated heterocycles. The summed E-state index contributed by atoms with van der Waals surface area (Å²) in [5, 5.41) is 5.32. The highest BCUT2D eigenvalue weighted by Gasteiger charge is 2.24. The number of hydrogen-bond acceptors (Lipinski definition) is 1. The molecule has 0 radical (unpaired) electrons. The third-order valence-electron chi connectivity index (χ3n) is 4.37. The first kappa shape index (κ1) is 13.8. The zero-order valence-electron chi connectivity index (χ0n) is 12.0. The van der Waals surface area contributed by atoms with Gasteiger partial charge < -0.3 is 10.3 Å². The van der Waals surface area contributed by atoms with Crippen LogP contribution in [-0.2, 0) is 12.8 Å². The zero-order chi connectivity index (χ0) is 15.1. The van der Waals surface area contributed by atoms with Gasteiger partial charge in [-0.2, -0.15) is 0 Å². The van der Waals surface area contributed by atoms with E-state index in [-0.39, 0.29) is 11.9 Å². The first-order valence-corrected chi connectivity index (χ1v) is 7.86. The monoisotopic (exact) mass is 314 g/mol. The summed E-state index contributed by atoms with van der Waals surface area (Å²) in [7, 11) is 0. The number of rotatable bonds is 2. The third kappa shape index (κ3) is 2.40. The Hall–Kier alpha value is -1.84. The number of aromatic amines is 1. The number of H-pyrrole nitrogens is 1. The molecule has 2 aromatic carbocycles. The summed E-state index contributed by atoms with van der Waals surface area (Å²) < 4.78 is 13.5. The van der Waals surface area contributed by atoms with Crippen molar-refractivity contribution in [3.63, 3.8) is 0 Å². The normalized spacial score (nSPS) is 17.6. The van der Waals surface area contributed by atoms with Crippen molar-refractivity contribution in [2.45, 2.75) is 18.9 Å². The van der Waals surface area contributed by atoms with Crippen LogP contribution in [0.5, 0.6) is 0 Å². The lowest BCUT2D eigenvalue weighted by Crippen LogP contribution is -2.31. The van der Waals surface area contributed by atoms with Crippen molar-refractivity contribution in [1.82, 2.24) is 10.3 Å². The van der Waals surface area contributed by atoms with Crippen LogP contribution in [0.15, 0.2) is 42.5 Å². The minimum atomic E-state index is -0.179. The molecule has 22 heavy (non-hydrogen) atoms. The smallest absolute Gasteiger partial charge is 0.123 e. The van der Waals surface area contributed by atoms with Crippen molar-refractivity contribution in [2.24, 2.45) is 0 Å². The van der Waals surface area contributed by atoms with Crippen LogP contribution < -0.4 is 5.32 Å². The molecule has 0 aliphatic carbocycles. The summed E-state index contributed by atoms with van der Waals surface area (Å²) >= 11 is 5.95. The molecule has 112 valence electrons. The lowest BCUT2D eigenvalue weighted by molar-refractivity contribution is 0.495. The van der Waals surface area contributed by atoms with E-state index >= 15 is 0 Å². The number of fused-ring (bicyclic) bond motifs is 3. The van der Waals surface area contributed by atoms with Gasteiger partial charge in [0.05, 0.1) is 6.04 Å². The summed E-state index contributed by atoms with van der Waals surface area (Å²) in [4.78, 5) is 3.47. The highest BCUT2D eigenvalue weighted by Crippen LogP contribution is 2.32. The molecule has 4 heteroatoms. The molecule has 0 bridgehead atoms. The second kappa shape index (κ2) is 5.41. The van der Waals surface area contributed by atoms with E-state index in [1.54, 1.807) is 6.07 Å². The Kier molecular flexibility index (Phi) is 3.40. The molecule has 0 spiro atoms. The van der Waals surface area contributed by atoms with E-state index in [0.717, 1.165) is 35.3 Å². The maximum atomic E-state index is 13.5. The molecule has 1 aromatic heterocycles. The van der Waals surface area contributed by atoms with E-state index < -0.39 is 0 Å². The van der Waals surface area contributed by atoms with E-state index in [2.05, 4.69) is 22.4 Å². The minimum absolute atomic E-state index is 0.179. The van der Waals surface area contributed by atoms with Crippen LogP contribution in [0.4, 0.5) is 4.39 Å². The van der Waals surface area contributed by atoms with Crippen LogP contribution in [0.25, 0.3) is 10.9 Å². The van der Waals surface area contributed by atoms with Gasteiger partial charge >= 0.3 is 0 Å².